The zero-order chi connectivity index (χ0) is 12.6. The summed E-state index contributed by atoms with van der Waals surface area (Å²) in [6.45, 7) is 4.43. The number of amides is 1. The van der Waals surface area contributed by atoms with Gasteiger partial charge < -0.3 is 10.5 Å². The summed E-state index contributed by atoms with van der Waals surface area (Å²) in [7, 11) is 0. The molecule has 1 amide bonds. The first-order valence-corrected chi connectivity index (χ1v) is 5.52. The summed E-state index contributed by atoms with van der Waals surface area (Å²) in [6.07, 6.45) is 0.514. The van der Waals surface area contributed by atoms with Gasteiger partial charge in [-0.2, -0.15) is 0 Å². The molecule has 1 aliphatic rings. The van der Waals surface area contributed by atoms with Gasteiger partial charge in [0, 0.05) is 12.0 Å². The average molecular weight is 237 g/mol. The van der Waals surface area contributed by atoms with Crippen LogP contribution in [0.2, 0.25) is 0 Å². The molecular formula is C11H15N3O3. The summed E-state index contributed by atoms with van der Waals surface area (Å²) < 4.78 is 6.96. The molecule has 1 aromatic rings. The zero-order valence-electron chi connectivity index (χ0n) is 9.90. The number of nitrogens with zero attached hydrogens (tertiary/aromatic N) is 2. The maximum absolute atomic E-state index is 12.2. The fourth-order valence-corrected chi connectivity index (χ4v) is 2.03. The third-order valence-corrected chi connectivity index (χ3v) is 2.92. The number of hydrogen-bond acceptors (Lipinski definition) is 4. The standard InChI is InChI=1S/C11H15N3O3/c1-6-5-17-4-3-8-13-9(10(12)15)7(2)11(16)14(6)8/h6H,3-5H2,1-2H3,(H2,12,15). The molecule has 1 unspecified atom stereocenters. The van der Waals surface area contributed by atoms with E-state index in [1.54, 1.807) is 11.5 Å². The highest BCUT2D eigenvalue weighted by Crippen LogP contribution is 2.13. The summed E-state index contributed by atoms with van der Waals surface area (Å²) in [5.41, 5.74) is 5.37. The predicted molar refractivity (Wildman–Crippen MR) is 61.0 cm³/mol. The highest BCUT2D eigenvalue weighted by molar-refractivity contribution is 5.92. The molecule has 2 rings (SSSR count). The minimum Gasteiger partial charge on any atom is -0.379 e. The number of fused-ring (bicyclic) bond motifs is 1. The Morgan fingerprint density at radius 2 is 2.29 bits per heavy atom. The first-order chi connectivity index (χ1) is 8.02. The molecule has 0 spiro atoms. The summed E-state index contributed by atoms with van der Waals surface area (Å²) in [6, 6.07) is -0.0758. The third kappa shape index (κ3) is 1.95. The highest BCUT2D eigenvalue weighted by atomic mass is 16.5. The first-order valence-electron chi connectivity index (χ1n) is 5.52. The number of aromatic nitrogens is 2. The van der Waals surface area contributed by atoms with E-state index < -0.39 is 5.91 Å². The van der Waals surface area contributed by atoms with Crippen LogP contribution in [0.5, 0.6) is 0 Å². The Bertz CT molecular complexity index is 521. The van der Waals surface area contributed by atoms with Crippen molar-refractivity contribution < 1.29 is 9.53 Å². The molecule has 92 valence electrons. The minimum absolute atomic E-state index is 0.0651. The first kappa shape index (κ1) is 11.8. The largest absolute Gasteiger partial charge is 0.379 e. The average Bonchev–Trinajstić information content (AvgIpc) is 2.45. The van der Waals surface area contributed by atoms with Crippen LogP contribution in [-0.2, 0) is 11.2 Å². The predicted octanol–water partition coefficient (Wildman–Crippen LogP) is -0.216. The smallest absolute Gasteiger partial charge is 0.267 e. The van der Waals surface area contributed by atoms with Gasteiger partial charge in [0.2, 0.25) is 0 Å². The lowest BCUT2D eigenvalue weighted by Crippen LogP contribution is -2.33. The van der Waals surface area contributed by atoms with Gasteiger partial charge in [0.05, 0.1) is 19.3 Å². The fraction of sp³-hybridized carbons (Fsp3) is 0.545. The number of hydrogen-bond donors (Lipinski definition) is 1. The van der Waals surface area contributed by atoms with Gasteiger partial charge in [0.1, 0.15) is 11.5 Å². The molecule has 1 aliphatic heterocycles. The van der Waals surface area contributed by atoms with E-state index in [9.17, 15) is 9.59 Å². The van der Waals surface area contributed by atoms with Gasteiger partial charge in [-0.3, -0.25) is 14.2 Å². The molecule has 0 fully saturated rings. The second kappa shape index (κ2) is 4.29. The van der Waals surface area contributed by atoms with Crippen LogP contribution in [0.4, 0.5) is 0 Å². The van der Waals surface area contributed by atoms with E-state index in [-0.39, 0.29) is 17.3 Å². The van der Waals surface area contributed by atoms with Crippen LogP contribution in [0.15, 0.2) is 4.79 Å². The van der Waals surface area contributed by atoms with Crippen molar-refractivity contribution in [3.63, 3.8) is 0 Å². The van der Waals surface area contributed by atoms with Crippen LogP contribution in [0.3, 0.4) is 0 Å². The Labute approximate surface area is 98.4 Å². The van der Waals surface area contributed by atoms with Gasteiger partial charge in [0.15, 0.2) is 0 Å². The highest BCUT2D eigenvalue weighted by Gasteiger charge is 2.22. The molecular weight excluding hydrogens is 222 g/mol. The fourth-order valence-electron chi connectivity index (χ4n) is 2.03. The Balaban J connectivity index is 2.69. The van der Waals surface area contributed by atoms with Crippen LogP contribution < -0.4 is 11.3 Å². The lowest BCUT2D eigenvalue weighted by molar-refractivity contribution is 0.0994. The van der Waals surface area contributed by atoms with Gasteiger partial charge in [0.25, 0.3) is 11.5 Å². The van der Waals surface area contributed by atoms with E-state index in [2.05, 4.69) is 4.98 Å². The molecule has 0 bridgehead atoms. The molecule has 6 heteroatoms. The van der Waals surface area contributed by atoms with Crippen molar-refractivity contribution in [3.05, 3.63) is 27.4 Å². The second-order valence-electron chi connectivity index (χ2n) is 4.21. The SMILES string of the molecule is Cc1c(C(N)=O)nc2n(c1=O)C(C)COCC2. The van der Waals surface area contributed by atoms with E-state index in [4.69, 9.17) is 10.5 Å². The monoisotopic (exact) mass is 237 g/mol. The second-order valence-corrected chi connectivity index (χ2v) is 4.21. The third-order valence-electron chi connectivity index (χ3n) is 2.92. The maximum atomic E-state index is 12.2. The number of carbonyl (C=O) groups is 1. The van der Waals surface area contributed by atoms with Crippen molar-refractivity contribution >= 4 is 5.91 Å². The van der Waals surface area contributed by atoms with Crippen LogP contribution in [0.1, 0.15) is 34.8 Å². The Hall–Kier alpha value is -1.69. The van der Waals surface area contributed by atoms with Crippen LogP contribution >= 0.6 is 0 Å². The van der Waals surface area contributed by atoms with Crippen molar-refractivity contribution in [2.45, 2.75) is 26.3 Å². The van der Waals surface area contributed by atoms with Crippen molar-refractivity contribution in [3.8, 4) is 0 Å². The number of nitrogens with two attached hydrogens (primary N) is 1. The normalized spacial score (nSPS) is 19.5. The molecule has 1 aromatic heterocycles. The van der Waals surface area contributed by atoms with Crippen LogP contribution in [0.25, 0.3) is 0 Å². The summed E-state index contributed by atoms with van der Waals surface area (Å²) in [5, 5.41) is 0. The quantitative estimate of drug-likeness (QED) is 0.731. The summed E-state index contributed by atoms with van der Waals surface area (Å²) in [5.74, 6) is -0.0970. The van der Waals surface area contributed by atoms with E-state index in [1.807, 2.05) is 6.92 Å². The zero-order valence-corrected chi connectivity index (χ0v) is 9.90. The molecule has 1 atom stereocenters. The van der Waals surface area contributed by atoms with Gasteiger partial charge >= 0.3 is 0 Å². The topological polar surface area (TPSA) is 87.2 Å². The summed E-state index contributed by atoms with van der Waals surface area (Å²) >= 11 is 0. The number of ether oxygens (including phenoxy) is 1. The van der Waals surface area contributed by atoms with E-state index in [1.165, 1.54) is 0 Å². The molecule has 6 nitrogen and oxygen atoms in total. The molecule has 0 saturated heterocycles. The molecule has 0 saturated carbocycles. The molecule has 2 N–H and O–H groups in total. The van der Waals surface area contributed by atoms with Crippen molar-refractivity contribution in [1.82, 2.24) is 9.55 Å². The van der Waals surface area contributed by atoms with Gasteiger partial charge in [-0.15, -0.1) is 0 Å². The van der Waals surface area contributed by atoms with Crippen molar-refractivity contribution in [2.24, 2.45) is 5.73 Å². The number of primary amides is 1. The van der Waals surface area contributed by atoms with Crippen molar-refractivity contribution in [2.75, 3.05) is 13.2 Å². The van der Waals surface area contributed by atoms with Gasteiger partial charge in [-0.05, 0) is 13.8 Å². The summed E-state index contributed by atoms with van der Waals surface area (Å²) in [4.78, 5) is 27.6. The van der Waals surface area contributed by atoms with Gasteiger partial charge in [-0.25, -0.2) is 4.98 Å². The van der Waals surface area contributed by atoms with Crippen molar-refractivity contribution in [1.29, 1.82) is 0 Å². The Kier molecular flexibility index (Phi) is 2.97. The molecule has 0 radical (unpaired) electrons. The molecule has 2 heterocycles. The lowest BCUT2D eigenvalue weighted by atomic mass is 10.2. The van der Waals surface area contributed by atoms with Gasteiger partial charge in [-0.1, -0.05) is 0 Å². The van der Waals surface area contributed by atoms with Crippen LogP contribution in [0, 0.1) is 6.92 Å². The lowest BCUT2D eigenvalue weighted by Gasteiger charge is -2.16. The Morgan fingerprint density at radius 3 is 2.94 bits per heavy atom. The Morgan fingerprint density at radius 1 is 1.59 bits per heavy atom. The molecule has 0 aromatic carbocycles. The maximum Gasteiger partial charge on any atom is 0.267 e. The minimum atomic E-state index is -0.666. The number of carbonyl (C=O) groups excluding carboxylic acids is 1. The number of rotatable bonds is 1. The van der Waals surface area contributed by atoms with E-state index >= 15 is 0 Å². The molecule has 0 aliphatic carbocycles. The van der Waals surface area contributed by atoms with E-state index in [0.717, 1.165) is 0 Å². The van der Waals surface area contributed by atoms with E-state index in [0.29, 0.717) is 31.0 Å². The molecule has 17 heavy (non-hydrogen) atoms. The van der Waals surface area contributed by atoms with Crippen LogP contribution in [-0.4, -0.2) is 28.7 Å².